The molecule has 4 nitrogen and oxygen atoms in total. The number of quaternary nitrogens is 1. The minimum Gasteiger partial charge on any atom is -0.372 e. The van der Waals surface area contributed by atoms with E-state index in [0.29, 0.717) is 19.2 Å². The second-order valence-corrected chi connectivity index (χ2v) is 4.77. The molecule has 0 aromatic heterocycles. The van der Waals surface area contributed by atoms with Gasteiger partial charge >= 0.3 is 0 Å². The number of benzene rings is 1. The number of hydrogen-bond acceptors (Lipinski definition) is 2. The SMILES string of the molecule is O=C(C[NH2+]C[C@H]1CCCO1)NCc1ccc(F)cc1. The summed E-state index contributed by atoms with van der Waals surface area (Å²) in [5.74, 6) is -0.276. The van der Waals surface area contributed by atoms with E-state index in [1.165, 1.54) is 12.1 Å². The molecule has 1 aliphatic heterocycles. The van der Waals surface area contributed by atoms with Crippen LogP contribution in [0.5, 0.6) is 0 Å². The summed E-state index contributed by atoms with van der Waals surface area (Å²) in [7, 11) is 0. The first-order valence-electron chi connectivity index (χ1n) is 6.68. The molecule has 1 heterocycles. The highest BCUT2D eigenvalue weighted by Gasteiger charge is 2.17. The molecule has 0 aliphatic carbocycles. The lowest BCUT2D eigenvalue weighted by Gasteiger charge is -2.08. The number of carbonyl (C=O) groups excluding carboxylic acids is 1. The standard InChI is InChI=1S/C14H19FN2O2/c15-12-5-3-11(4-6-12)8-17-14(18)10-16-9-13-2-1-7-19-13/h3-6,13,16H,1-2,7-10H2,(H,17,18)/p+1/t13-/m1/s1. The van der Waals surface area contributed by atoms with E-state index in [-0.39, 0.29) is 11.7 Å². The summed E-state index contributed by atoms with van der Waals surface area (Å²) in [6, 6.07) is 6.13. The van der Waals surface area contributed by atoms with E-state index in [1.807, 2.05) is 5.32 Å². The van der Waals surface area contributed by atoms with E-state index in [4.69, 9.17) is 4.74 Å². The average Bonchev–Trinajstić information content (AvgIpc) is 2.91. The molecule has 0 spiro atoms. The Morgan fingerprint density at radius 1 is 1.42 bits per heavy atom. The molecule has 1 aromatic carbocycles. The lowest BCUT2D eigenvalue weighted by molar-refractivity contribution is -0.650. The van der Waals surface area contributed by atoms with E-state index < -0.39 is 0 Å². The molecular formula is C14H20FN2O2+. The van der Waals surface area contributed by atoms with Crippen LogP contribution in [0.25, 0.3) is 0 Å². The predicted molar refractivity (Wildman–Crippen MR) is 68.9 cm³/mol. The van der Waals surface area contributed by atoms with Gasteiger partial charge in [0.05, 0.1) is 0 Å². The number of hydrogen-bond donors (Lipinski definition) is 2. The van der Waals surface area contributed by atoms with Gasteiger partial charge in [-0.1, -0.05) is 12.1 Å². The molecule has 0 unspecified atom stereocenters. The van der Waals surface area contributed by atoms with Crippen LogP contribution in [0.15, 0.2) is 24.3 Å². The molecule has 0 saturated carbocycles. The first kappa shape index (κ1) is 14.0. The van der Waals surface area contributed by atoms with Crippen molar-refractivity contribution < 1.29 is 19.2 Å². The lowest BCUT2D eigenvalue weighted by Crippen LogP contribution is -2.88. The van der Waals surface area contributed by atoms with Gasteiger partial charge < -0.3 is 15.4 Å². The summed E-state index contributed by atoms with van der Waals surface area (Å²) in [5, 5.41) is 4.78. The van der Waals surface area contributed by atoms with Crippen LogP contribution in [-0.4, -0.2) is 31.7 Å². The fraction of sp³-hybridized carbons (Fsp3) is 0.500. The third-order valence-electron chi connectivity index (χ3n) is 3.19. The van der Waals surface area contributed by atoms with Crippen LogP contribution in [0, 0.1) is 5.82 Å². The smallest absolute Gasteiger partial charge is 0.275 e. The van der Waals surface area contributed by atoms with E-state index in [9.17, 15) is 9.18 Å². The van der Waals surface area contributed by atoms with Crippen LogP contribution in [0.3, 0.4) is 0 Å². The zero-order valence-corrected chi connectivity index (χ0v) is 10.9. The third-order valence-corrected chi connectivity index (χ3v) is 3.19. The molecular weight excluding hydrogens is 247 g/mol. The maximum absolute atomic E-state index is 12.7. The topological polar surface area (TPSA) is 54.9 Å². The zero-order valence-electron chi connectivity index (χ0n) is 10.9. The molecule has 1 aliphatic rings. The zero-order chi connectivity index (χ0) is 13.5. The molecule has 1 fully saturated rings. The van der Waals surface area contributed by atoms with Crippen molar-refractivity contribution in [3.63, 3.8) is 0 Å². The van der Waals surface area contributed by atoms with Gasteiger partial charge in [-0.05, 0) is 30.5 Å². The van der Waals surface area contributed by atoms with Crippen molar-refractivity contribution >= 4 is 5.91 Å². The van der Waals surface area contributed by atoms with Gasteiger partial charge in [0.2, 0.25) is 0 Å². The number of amides is 1. The Bertz CT molecular complexity index is 402. The Labute approximate surface area is 112 Å². The summed E-state index contributed by atoms with van der Waals surface area (Å²) in [6.45, 7) is 2.52. The molecule has 19 heavy (non-hydrogen) atoms. The molecule has 2 rings (SSSR count). The van der Waals surface area contributed by atoms with Gasteiger partial charge in [0.15, 0.2) is 6.54 Å². The number of nitrogens with two attached hydrogens (primary N) is 1. The van der Waals surface area contributed by atoms with E-state index in [1.54, 1.807) is 12.1 Å². The molecule has 1 aromatic rings. The molecule has 3 N–H and O–H groups in total. The number of carbonyl (C=O) groups is 1. The van der Waals surface area contributed by atoms with Crippen molar-refractivity contribution in [3.05, 3.63) is 35.6 Å². The highest BCUT2D eigenvalue weighted by atomic mass is 19.1. The van der Waals surface area contributed by atoms with Gasteiger partial charge in [-0.15, -0.1) is 0 Å². The van der Waals surface area contributed by atoms with Crippen molar-refractivity contribution in [1.29, 1.82) is 0 Å². The first-order valence-corrected chi connectivity index (χ1v) is 6.68. The molecule has 104 valence electrons. The van der Waals surface area contributed by atoms with Gasteiger partial charge in [0, 0.05) is 13.2 Å². The molecule has 5 heteroatoms. The number of nitrogens with one attached hydrogen (secondary N) is 1. The lowest BCUT2D eigenvalue weighted by atomic mass is 10.2. The Morgan fingerprint density at radius 2 is 2.21 bits per heavy atom. The van der Waals surface area contributed by atoms with Gasteiger partial charge in [-0.3, -0.25) is 4.79 Å². The van der Waals surface area contributed by atoms with Crippen molar-refractivity contribution in [3.8, 4) is 0 Å². The Morgan fingerprint density at radius 3 is 2.89 bits per heavy atom. The number of halogens is 1. The third kappa shape index (κ3) is 4.96. The quantitative estimate of drug-likeness (QED) is 0.773. The summed E-state index contributed by atoms with van der Waals surface area (Å²) in [6.07, 6.45) is 2.51. The maximum Gasteiger partial charge on any atom is 0.275 e. The Balaban J connectivity index is 1.60. The Hall–Kier alpha value is -1.46. The van der Waals surface area contributed by atoms with Crippen molar-refractivity contribution in [1.82, 2.24) is 5.32 Å². The van der Waals surface area contributed by atoms with E-state index >= 15 is 0 Å². The van der Waals surface area contributed by atoms with Crippen LogP contribution in [0.2, 0.25) is 0 Å². The van der Waals surface area contributed by atoms with Gasteiger partial charge in [0.1, 0.15) is 18.5 Å². The van der Waals surface area contributed by atoms with Crippen LogP contribution in [-0.2, 0) is 16.1 Å². The fourth-order valence-corrected chi connectivity index (χ4v) is 2.11. The monoisotopic (exact) mass is 267 g/mol. The fourth-order valence-electron chi connectivity index (χ4n) is 2.11. The highest BCUT2D eigenvalue weighted by molar-refractivity contribution is 5.76. The summed E-state index contributed by atoms with van der Waals surface area (Å²) < 4.78 is 18.2. The van der Waals surface area contributed by atoms with Crippen molar-refractivity contribution in [2.75, 3.05) is 19.7 Å². The van der Waals surface area contributed by atoms with Crippen LogP contribution >= 0.6 is 0 Å². The van der Waals surface area contributed by atoms with E-state index in [2.05, 4.69) is 5.32 Å². The summed E-state index contributed by atoms with van der Waals surface area (Å²) in [4.78, 5) is 11.6. The first-order chi connectivity index (χ1) is 9.24. The normalized spacial score (nSPS) is 18.5. The average molecular weight is 267 g/mol. The maximum atomic E-state index is 12.7. The second kappa shape index (κ2) is 7.21. The number of ether oxygens (including phenoxy) is 1. The summed E-state index contributed by atoms with van der Waals surface area (Å²) >= 11 is 0. The van der Waals surface area contributed by atoms with Crippen LogP contribution in [0.1, 0.15) is 18.4 Å². The Kier molecular flexibility index (Phi) is 5.30. The molecule has 1 atom stereocenters. The van der Waals surface area contributed by atoms with Crippen LogP contribution in [0.4, 0.5) is 4.39 Å². The molecule has 1 saturated heterocycles. The molecule has 0 bridgehead atoms. The van der Waals surface area contributed by atoms with E-state index in [0.717, 1.165) is 31.6 Å². The van der Waals surface area contributed by atoms with Gasteiger partial charge in [-0.25, -0.2) is 4.39 Å². The second-order valence-electron chi connectivity index (χ2n) is 4.77. The van der Waals surface area contributed by atoms with Gasteiger partial charge in [-0.2, -0.15) is 0 Å². The minimum absolute atomic E-state index is 0.0117. The number of rotatable bonds is 6. The molecule has 0 radical (unpaired) electrons. The van der Waals surface area contributed by atoms with Crippen molar-refractivity contribution in [2.45, 2.75) is 25.5 Å². The minimum atomic E-state index is -0.264. The summed E-state index contributed by atoms with van der Waals surface area (Å²) in [5.41, 5.74) is 0.897. The molecule has 1 amide bonds. The highest BCUT2D eigenvalue weighted by Crippen LogP contribution is 2.09. The van der Waals surface area contributed by atoms with Crippen LogP contribution < -0.4 is 10.6 Å². The predicted octanol–water partition coefficient (Wildman–Crippen LogP) is 0.184. The largest absolute Gasteiger partial charge is 0.372 e. The van der Waals surface area contributed by atoms with Gasteiger partial charge in [0.25, 0.3) is 5.91 Å². The van der Waals surface area contributed by atoms with Crippen molar-refractivity contribution in [2.24, 2.45) is 0 Å².